The van der Waals surface area contributed by atoms with Crippen LogP contribution in [0.5, 0.6) is 0 Å². The summed E-state index contributed by atoms with van der Waals surface area (Å²) in [5, 5.41) is 4.00. The molecule has 0 aliphatic carbocycles. The van der Waals surface area contributed by atoms with Gasteiger partial charge < -0.3 is 19.8 Å². The van der Waals surface area contributed by atoms with Gasteiger partial charge in [0.25, 0.3) is 0 Å². The van der Waals surface area contributed by atoms with Crippen molar-refractivity contribution in [1.29, 1.82) is 0 Å². The van der Waals surface area contributed by atoms with Crippen molar-refractivity contribution >= 4 is 22.6 Å². The fourth-order valence-electron chi connectivity index (χ4n) is 3.05. The molecule has 3 rings (SSSR count). The van der Waals surface area contributed by atoms with E-state index in [0.717, 1.165) is 24.1 Å². The molecule has 1 amide bonds. The smallest absolute Gasteiger partial charge is 0.407 e. The van der Waals surface area contributed by atoms with Crippen molar-refractivity contribution in [2.45, 2.75) is 46.3 Å². The van der Waals surface area contributed by atoms with Crippen LogP contribution in [0.1, 0.15) is 44.0 Å². The number of amides is 1. The number of carbonyl (C=O) groups excluding carboxylic acids is 1. The molecule has 1 aliphatic heterocycles. The molecular weight excluding hydrogens is 316 g/mol. The van der Waals surface area contributed by atoms with Gasteiger partial charge in [-0.1, -0.05) is 12.1 Å². The van der Waals surface area contributed by atoms with Gasteiger partial charge in [-0.3, -0.25) is 0 Å². The van der Waals surface area contributed by atoms with Crippen LogP contribution in [0.3, 0.4) is 0 Å². The largest absolute Gasteiger partial charge is 0.444 e. The number of aromatic nitrogens is 1. The van der Waals surface area contributed by atoms with Crippen molar-refractivity contribution in [3.05, 3.63) is 41.1 Å². The van der Waals surface area contributed by atoms with Crippen molar-refractivity contribution in [3.63, 3.8) is 0 Å². The molecule has 2 aromatic rings. The summed E-state index contributed by atoms with van der Waals surface area (Å²) >= 11 is 0. The highest BCUT2D eigenvalue weighted by atomic mass is 16.6. The molecule has 5 heteroatoms. The summed E-state index contributed by atoms with van der Waals surface area (Å²) in [7, 11) is 0. The van der Waals surface area contributed by atoms with Crippen molar-refractivity contribution in [2.75, 3.05) is 13.2 Å². The maximum absolute atomic E-state index is 11.8. The second kappa shape index (κ2) is 6.92. The highest BCUT2D eigenvalue weighted by Crippen LogP contribution is 2.30. The van der Waals surface area contributed by atoms with Crippen LogP contribution in [-0.4, -0.2) is 29.9 Å². The number of alkyl carbamates (subject to hydrolysis) is 1. The van der Waals surface area contributed by atoms with E-state index in [1.807, 2.05) is 26.8 Å². The van der Waals surface area contributed by atoms with Crippen LogP contribution in [0.2, 0.25) is 0 Å². The summed E-state index contributed by atoms with van der Waals surface area (Å²) in [5.41, 5.74) is 5.41. The molecule has 2 N–H and O–H groups in total. The SMILES string of the molecule is Cc1c(C2=CCOCC2)[nH]c2ccc(CNC(=O)OC(C)(C)C)cc12. The molecule has 2 heterocycles. The molecule has 1 aromatic heterocycles. The van der Waals surface area contributed by atoms with Gasteiger partial charge in [0.2, 0.25) is 0 Å². The summed E-state index contributed by atoms with van der Waals surface area (Å²) in [6.45, 7) is 9.59. The summed E-state index contributed by atoms with van der Waals surface area (Å²) in [6.07, 6.45) is 2.68. The molecule has 0 bridgehead atoms. The molecule has 134 valence electrons. The van der Waals surface area contributed by atoms with E-state index >= 15 is 0 Å². The summed E-state index contributed by atoms with van der Waals surface area (Å²) in [5.74, 6) is 0. The van der Waals surface area contributed by atoms with Crippen molar-refractivity contribution in [3.8, 4) is 0 Å². The van der Waals surface area contributed by atoms with Crippen LogP contribution < -0.4 is 5.32 Å². The van der Waals surface area contributed by atoms with Gasteiger partial charge in [0, 0.05) is 23.1 Å². The minimum Gasteiger partial charge on any atom is -0.444 e. The van der Waals surface area contributed by atoms with Gasteiger partial charge in [-0.2, -0.15) is 0 Å². The number of nitrogens with one attached hydrogen (secondary N) is 2. The van der Waals surface area contributed by atoms with Gasteiger partial charge in [0.1, 0.15) is 5.60 Å². The summed E-state index contributed by atoms with van der Waals surface area (Å²) in [4.78, 5) is 15.3. The minimum atomic E-state index is -0.488. The number of hydrogen-bond acceptors (Lipinski definition) is 3. The van der Waals surface area contributed by atoms with E-state index in [2.05, 4.69) is 35.4 Å². The Morgan fingerprint density at radius 1 is 1.36 bits per heavy atom. The molecule has 25 heavy (non-hydrogen) atoms. The van der Waals surface area contributed by atoms with E-state index in [1.165, 1.54) is 22.2 Å². The number of fused-ring (bicyclic) bond motifs is 1. The maximum Gasteiger partial charge on any atom is 0.407 e. The first-order valence-corrected chi connectivity index (χ1v) is 8.69. The molecule has 0 saturated carbocycles. The van der Waals surface area contributed by atoms with Crippen LogP contribution in [0.25, 0.3) is 16.5 Å². The van der Waals surface area contributed by atoms with E-state index < -0.39 is 11.7 Å². The first-order chi connectivity index (χ1) is 11.8. The van der Waals surface area contributed by atoms with Crippen LogP contribution in [-0.2, 0) is 16.0 Å². The first-order valence-electron chi connectivity index (χ1n) is 8.69. The topological polar surface area (TPSA) is 63.3 Å². The fraction of sp³-hybridized carbons (Fsp3) is 0.450. The van der Waals surface area contributed by atoms with E-state index in [0.29, 0.717) is 13.2 Å². The molecule has 0 unspecified atom stereocenters. The highest BCUT2D eigenvalue weighted by Gasteiger charge is 2.17. The predicted molar refractivity (Wildman–Crippen MR) is 99.5 cm³/mol. The Labute approximate surface area is 148 Å². The van der Waals surface area contributed by atoms with Gasteiger partial charge in [0.05, 0.1) is 13.2 Å². The van der Waals surface area contributed by atoms with Crippen LogP contribution in [0.15, 0.2) is 24.3 Å². The normalized spacial score (nSPS) is 15.1. The van der Waals surface area contributed by atoms with Gasteiger partial charge in [-0.25, -0.2) is 4.79 Å². The number of aryl methyl sites for hydroxylation is 1. The minimum absolute atomic E-state index is 0.397. The number of benzene rings is 1. The Kier molecular flexibility index (Phi) is 4.86. The zero-order valence-electron chi connectivity index (χ0n) is 15.4. The number of carbonyl (C=O) groups is 1. The second-order valence-corrected chi connectivity index (χ2v) is 7.41. The average molecular weight is 342 g/mol. The van der Waals surface area contributed by atoms with E-state index in [1.54, 1.807) is 0 Å². The van der Waals surface area contributed by atoms with Crippen molar-refractivity contribution in [1.82, 2.24) is 10.3 Å². The highest BCUT2D eigenvalue weighted by molar-refractivity contribution is 5.89. The average Bonchev–Trinajstić information content (AvgIpc) is 2.89. The first kappa shape index (κ1) is 17.5. The third-order valence-corrected chi connectivity index (χ3v) is 4.24. The quantitative estimate of drug-likeness (QED) is 0.874. The van der Waals surface area contributed by atoms with Crippen LogP contribution in [0.4, 0.5) is 4.79 Å². The molecule has 0 spiro atoms. The number of hydrogen-bond donors (Lipinski definition) is 2. The van der Waals surface area contributed by atoms with E-state index in [4.69, 9.17) is 9.47 Å². The lowest BCUT2D eigenvalue weighted by molar-refractivity contribution is 0.0523. The van der Waals surface area contributed by atoms with Crippen molar-refractivity contribution < 1.29 is 14.3 Å². The standard InChI is InChI=1S/C20H26N2O3/c1-13-16-11-14(12-21-19(23)25-20(2,3)4)5-6-17(16)22-18(13)15-7-9-24-10-8-15/h5-7,11,22H,8-10,12H2,1-4H3,(H,21,23). The Morgan fingerprint density at radius 3 is 2.84 bits per heavy atom. The molecule has 0 atom stereocenters. The van der Waals surface area contributed by atoms with Gasteiger partial charge in [-0.15, -0.1) is 0 Å². The van der Waals surface area contributed by atoms with Crippen LogP contribution >= 0.6 is 0 Å². The summed E-state index contributed by atoms with van der Waals surface area (Å²) < 4.78 is 10.7. The molecule has 0 radical (unpaired) electrons. The molecular formula is C20H26N2O3. The number of aromatic amines is 1. The molecule has 0 saturated heterocycles. The van der Waals surface area contributed by atoms with Crippen LogP contribution in [0, 0.1) is 6.92 Å². The summed E-state index contributed by atoms with van der Waals surface area (Å²) in [6, 6.07) is 6.22. The number of ether oxygens (including phenoxy) is 2. The second-order valence-electron chi connectivity index (χ2n) is 7.41. The van der Waals surface area contributed by atoms with E-state index in [-0.39, 0.29) is 0 Å². The molecule has 0 fully saturated rings. The van der Waals surface area contributed by atoms with Crippen molar-refractivity contribution in [2.24, 2.45) is 0 Å². The Bertz CT molecular complexity index is 812. The monoisotopic (exact) mass is 342 g/mol. The predicted octanol–water partition coefficient (Wildman–Crippen LogP) is 4.30. The lowest BCUT2D eigenvalue weighted by atomic mass is 10.0. The zero-order chi connectivity index (χ0) is 18.0. The van der Waals surface area contributed by atoms with E-state index in [9.17, 15) is 4.79 Å². The van der Waals surface area contributed by atoms with Gasteiger partial charge in [0.15, 0.2) is 0 Å². The third kappa shape index (κ3) is 4.23. The lowest BCUT2D eigenvalue weighted by Crippen LogP contribution is -2.32. The zero-order valence-corrected chi connectivity index (χ0v) is 15.4. The Morgan fingerprint density at radius 2 is 2.16 bits per heavy atom. The molecule has 5 nitrogen and oxygen atoms in total. The Hall–Kier alpha value is -2.27. The molecule has 1 aromatic carbocycles. The maximum atomic E-state index is 11.8. The van der Waals surface area contributed by atoms with Gasteiger partial charge >= 0.3 is 6.09 Å². The lowest BCUT2D eigenvalue weighted by Gasteiger charge is -2.19. The van der Waals surface area contributed by atoms with Gasteiger partial charge in [-0.05, 0) is 62.9 Å². The molecule has 1 aliphatic rings. The number of H-pyrrole nitrogens is 1. The number of rotatable bonds is 3. The third-order valence-electron chi connectivity index (χ3n) is 4.24. The fourth-order valence-corrected chi connectivity index (χ4v) is 3.05. The Balaban J connectivity index is 1.77.